The summed E-state index contributed by atoms with van der Waals surface area (Å²) in [6.07, 6.45) is 1.40. The van der Waals surface area contributed by atoms with Crippen LogP contribution in [0.2, 0.25) is 5.02 Å². The number of nitrogens with one attached hydrogen (secondary N) is 3. The molecule has 0 aliphatic rings. The van der Waals surface area contributed by atoms with Gasteiger partial charge in [-0.25, -0.2) is 14.4 Å². The van der Waals surface area contributed by atoms with Crippen LogP contribution in [0.25, 0.3) is 10.9 Å². The van der Waals surface area contributed by atoms with E-state index in [2.05, 4.69) is 25.9 Å². The first kappa shape index (κ1) is 23.4. The molecule has 168 valence electrons. The van der Waals surface area contributed by atoms with E-state index in [1.54, 1.807) is 26.0 Å². The molecule has 0 saturated carbocycles. The van der Waals surface area contributed by atoms with Crippen LogP contribution in [0, 0.1) is 11.7 Å². The molecule has 3 N–H and O–H groups in total. The summed E-state index contributed by atoms with van der Waals surface area (Å²) in [5.41, 5.74) is 0.776. The topological polar surface area (TPSA) is 96.0 Å². The highest BCUT2D eigenvalue weighted by Crippen LogP contribution is 2.28. The molecule has 0 spiro atoms. The smallest absolute Gasteiger partial charge is 0.260 e. The van der Waals surface area contributed by atoms with Crippen molar-refractivity contribution in [2.45, 2.75) is 40.3 Å². The number of carbonyl (C=O) groups excluding carboxylic acids is 2. The van der Waals surface area contributed by atoms with Gasteiger partial charge in [0.2, 0.25) is 5.91 Å². The molecular weight excluding hydrogens is 433 g/mol. The maximum atomic E-state index is 15.1. The van der Waals surface area contributed by atoms with E-state index in [9.17, 15) is 9.59 Å². The van der Waals surface area contributed by atoms with Crippen LogP contribution in [-0.2, 0) is 11.3 Å². The maximum Gasteiger partial charge on any atom is 0.260 e. The molecule has 0 radical (unpaired) electrons. The molecule has 0 fully saturated rings. The molecule has 1 aromatic heterocycles. The summed E-state index contributed by atoms with van der Waals surface area (Å²) < 4.78 is 15.1. The molecule has 0 unspecified atom stereocenters. The number of benzene rings is 2. The van der Waals surface area contributed by atoms with Crippen molar-refractivity contribution in [2.24, 2.45) is 5.92 Å². The second-order valence-corrected chi connectivity index (χ2v) is 8.35. The summed E-state index contributed by atoms with van der Waals surface area (Å²) in [6.45, 7) is 7.40. The fraction of sp³-hybridized carbons (Fsp3) is 0.304. The quantitative estimate of drug-likeness (QED) is 0.475. The summed E-state index contributed by atoms with van der Waals surface area (Å²) in [7, 11) is 0. The van der Waals surface area contributed by atoms with Crippen LogP contribution < -0.4 is 16.0 Å². The van der Waals surface area contributed by atoms with Gasteiger partial charge in [0, 0.05) is 29.5 Å². The Labute approximate surface area is 190 Å². The van der Waals surface area contributed by atoms with Gasteiger partial charge in [0.15, 0.2) is 0 Å². The molecular formula is C23H25ClFN5O2. The SMILES string of the molecule is CC(C)Nc1ncnc2c(NC(=O)c3c(Cl)ccc(CNC(=O)C(C)C)c3F)cccc12. The van der Waals surface area contributed by atoms with Crippen LogP contribution in [0.1, 0.15) is 43.6 Å². The Kier molecular flexibility index (Phi) is 7.25. The number of amides is 2. The Morgan fingerprint density at radius 2 is 1.84 bits per heavy atom. The third kappa shape index (κ3) is 5.13. The number of hydrogen-bond acceptors (Lipinski definition) is 5. The van der Waals surface area contributed by atoms with Crippen molar-refractivity contribution < 1.29 is 14.0 Å². The minimum absolute atomic E-state index is 0.0315. The average Bonchev–Trinajstić information content (AvgIpc) is 2.73. The number of rotatable bonds is 7. The Bertz CT molecular complexity index is 1170. The van der Waals surface area contributed by atoms with Crippen molar-refractivity contribution in [3.63, 3.8) is 0 Å². The number of aromatic nitrogens is 2. The molecule has 0 bridgehead atoms. The van der Waals surface area contributed by atoms with E-state index in [0.29, 0.717) is 17.0 Å². The van der Waals surface area contributed by atoms with E-state index in [1.807, 2.05) is 19.9 Å². The van der Waals surface area contributed by atoms with E-state index >= 15 is 4.39 Å². The maximum absolute atomic E-state index is 15.1. The van der Waals surface area contributed by atoms with Gasteiger partial charge in [-0.1, -0.05) is 37.6 Å². The van der Waals surface area contributed by atoms with Crippen LogP contribution in [-0.4, -0.2) is 27.8 Å². The molecule has 1 heterocycles. The van der Waals surface area contributed by atoms with Gasteiger partial charge in [-0.2, -0.15) is 0 Å². The molecule has 2 amide bonds. The third-order valence-electron chi connectivity index (χ3n) is 4.71. The number of anilines is 2. The second kappa shape index (κ2) is 9.91. The normalized spacial score (nSPS) is 11.1. The van der Waals surface area contributed by atoms with Gasteiger partial charge in [-0.05, 0) is 32.0 Å². The van der Waals surface area contributed by atoms with Crippen molar-refractivity contribution in [2.75, 3.05) is 10.6 Å². The number of para-hydroxylation sites is 1. The van der Waals surface area contributed by atoms with Gasteiger partial charge in [0.1, 0.15) is 18.0 Å². The molecule has 3 rings (SSSR count). The molecule has 7 nitrogen and oxygen atoms in total. The summed E-state index contributed by atoms with van der Waals surface area (Å²) in [4.78, 5) is 33.3. The lowest BCUT2D eigenvalue weighted by atomic mass is 10.1. The first-order valence-corrected chi connectivity index (χ1v) is 10.6. The number of hydrogen-bond donors (Lipinski definition) is 3. The van der Waals surface area contributed by atoms with E-state index in [4.69, 9.17) is 11.6 Å². The van der Waals surface area contributed by atoms with E-state index < -0.39 is 11.7 Å². The molecule has 0 aliphatic heterocycles. The lowest BCUT2D eigenvalue weighted by Crippen LogP contribution is -2.28. The first-order valence-electron chi connectivity index (χ1n) is 10.2. The Hall–Kier alpha value is -3.26. The molecule has 3 aromatic rings. The minimum atomic E-state index is -0.781. The summed E-state index contributed by atoms with van der Waals surface area (Å²) >= 11 is 6.15. The summed E-state index contributed by atoms with van der Waals surface area (Å²) in [5, 5.41) is 9.27. The number of fused-ring (bicyclic) bond motifs is 1. The Morgan fingerprint density at radius 1 is 1.09 bits per heavy atom. The van der Waals surface area contributed by atoms with E-state index in [-0.39, 0.29) is 40.6 Å². The summed E-state index contributed by atoms with van der Waals surface area (Å²) in [5.74, 6) is -1.32. The fourth-order valence-electron chi connectivity index (χ4n) is 3.09. The van der Waals surface area contributed by atoms with Crippen LogP contribution in [0.5, 0.6) is 0 Å². The van der Waals surface area contributed by atoms with Gasteiger partial charge in [-0.15, -0.1) is 0 Å². The zero-order chi connectivity index (χ0) is 23.4. The van der Waals surface area contributed by atoms with Crippen molar-refractivity contribution >= 4 is 45.8 Å². The Balaban J connectivity index is 1.91. The van der Waals surface area contributed by atoms with E-state index in [0.717, 1.165) is 5.39 Å². The first-order chi connectivity index (χ1) is 15.2. The fourth-order valence-corrected chi connectivity index (χ4v) is 3.32. The van der Waals surface area contributed by atoms with Crippen molar-refractivity contribution in [3.05, 3.63) is 58.6 Å². The van der Waals surface area contributed by atoms with Crippen molar-refractivity contribution in [1.29, 1.82) is 0 Å². The number of nitrogens with zero attached hydrogens (tertiary/aromatic N) is 2. The van der Waals surface area contributed by atoms with Gasteiger partial charge >= 0.3 is 0 Å². The van der Waals surface area contributed by atoms with Crippen molar-refractivity contribution in [3.8, 4) is 0 Å². The molecule has 0 atom stereocenters. The molecule has 9 heteroatoms. The lowest BCUT2D eigenvalue weighted by molar-refractivity contribution is -0.124. The minimum Gasteiger partial charge on any atom is -0.367 e. The highest BCUT2D eigenvalue weighted by Gasteiger charge is 2.21. The van der Waals surface area contributed by atoms with E-state index in [1.165, 1.54) is 18.5 Å². The van der Waals surface area contributed by atoms with Gasteiger partial charge in [0.05, 0.1) is 21.8 Å². The zero-order valence-electron chi connectivity index (χ0n) is 18.3. The highest BCUT2D eigenvalue weighted by molar-refractivity contribution is 6.34. The second-order valence-electron chi connectivity index (χ2n) is 7.95. The molecule has 0 aliphatic carbocycles. The largest absolute Gasteiger partial charge is 0.367 e. The van der Waals surface area contributed by atoms with Gasteiger partial charge in [0.25, 0.3) is 5.91 Å². The average molecular weight is 458 g/mol. The number of halogens is 2. The predicted molar refractivity (Wildman–Crippen MR) is 124 cm³/mol. The third-order valence-corrected chi connectivity index (χ3v) is 5.03. The van der Waals surface area contributed by atoms with Crippen molar-refractivity contribution in [1.82, 2.24) is 15.3 Å². The predicted octanol–water partition coefficient (Wildman–Crippen LogP) is 4.77. The van der Waals surface area contributed by atoms with Crippen LogP contribution in [0.4, 0.5) is 15.9 Å². The number of carbonyl (C=O) groups is 2. The molecule has 32 heavy (non-hydrogen) atoms. The van der Waals surface area contributed by atoms with Crippen LogP contribution in [0.3, 0.4) is 0 Å². The van der Waals surface area contributed by atoms with Crippen LogP contribution in [0.15, 0.2) is 36.7 Å². The summed E-state index contributed by atoms with van der Waals surface area (Å²) in [6, 6.07) is 8.30. The van der Waals surface area contributed by atoms with Gasteiger partial charge in [-0.3, -0.25) is 9.59 Å². The van der Waals surface area contributed by atoms with Crippen LogP contribution >= 0.6 is 11.6 Å². The standard InChI is InChI=1S/C23H25ClFN5O2/c1-12(2)22(31)26-10-14-8-9-16(24)18(19(14)25)23(32)30-17-7-5-6-15-20(17)27-11-28-21(15)29-13(3)4/h5-9,11-13H,10H2,1-4H3,(H,26,31)(H,30,32)(H,27,28,29). The zero-order valence-corrected chi connectivity index (χ0v) is 19.0. The molecule has 0 saturated heterocycles. The highest BCUT2D eigenvalue weighted by atomic mass is 35.5. The lowest BCUT2D eigenvalue weighted by Gasteiger charge is -2.15. The molecule has 2 aromatic carbocycles. The Morgan fingerprint density at radius 3 is 2.53 bits per heavy atom. The monoisotopic (exact) mass is 457 g/mol. The van der Waals surface area contributed by atoms with Gasteiger partial charge < -0.3 is 16.0 Å².